The van der Waals surface area contributed by atoms with Crippen molar-refractivity contribution < 1.29 is 9.26 Å². The van der Waals surface area contributed by atoms with Crippen LogP contribution >= 0.6 is 0 Å². The van der Waals surface area contributed by atoms with Gasteiger partial charge in [-0.25, -0.2) is 4.98 Å². The van der Waals surface area contributed by atoms with Gasteiger partial charge in [0.05, 0.1) is 6.10 Å². The van der Waals surface area contributed by atoms with Crippen LogP contribution in [0.3, 0.4) is 0 Å². The fraction of sp³-hybridized carbons (Fsp3) is 0.500. The van der Waals surface area contributed by atoms with Gasteiger partial charge in [-0.15, -0.1) is 0 Å². The number of ether oxygens (including phenoxy) is 1. The van der Waals surface area contributed by atoms with Gasteiger partial charge in [-0.3, -0.25) is 0 Å². The van der Waals surface area contributed by atoms with Crippen molar-refractivity contribution in [3.8, 4) is 17.1 Å². The van der Waals surface area contributed by atoms with Gasteiger partial charge in [0.15, 0.2) is 0 Å². The van der Waals surface area contributed by atoms with Gasteiger partial charge in [-0.2, -0.15) is 4.98 Å². The average molecular weight is 365 g/mol. The molecule has 4 rings (SSSR count). The van der Waals surface area contributed by atoms with Crippen molar-refractivity contribution in [2.45, 2.75) is 66.4 Å². The van der Waals surface area contributed by atoms with Crippen LogP contribution in [0.4, 0.5) is 0 Å². The number of aromatic nitrogens is 3. The Labute approximate surface area is 160 Å². The Morgan fingerprint density at radius 1 is 1.11 bits per heavy atom. The molecule has 0 amide bonds. The molecule has 5 heteroatoms. The Morgan fingerprint density at radius 2 is 1.81 bits per heavy atom. The third-order valence-corrected chi connectivity index (χ3v) is 5.30. The lowest BCUT2D eigenvalue weighted by atomic mass is 9.97. The summed E-state index contributed by atoms with van der Waals surface area (Å²) in [5, 5.41) is 4.35. The molecule has 142 valence electrons. The molecule has 0 aliphatic heterocycles. The molecular formula is C22H27N3O2. The van der Waals surface area contributed by atoms with Crippen molar-refractivity contribution in [2.75, 3.05) is 0 Å². The maximum Gasteiger partial charge on any atom is 0.265 e. The minimum absolute atomic E-state index is 0.0968. The maximum absolute atomic E-state index is 6.13. The molecule has 2 heterocycles. The number of aryl methyl sites for hydroxylation is 4. The Balaban J connectivity index is 1.72. The summed E-state index contributed by atoms with van der Waals surface area (Å²) in [5.41, 5.74) is 6.67. The average Bonchev–Trinajstić information content (AvgIpc) is 3.33. The van der Waals surface area contributed by atoms with Crippen molar-refractivity contribution in [2.24, 2.45) is 5.92 Å². The lowest BCUT2D eigenvalue weighted by Gasteiger charge is -2.13. The summed E-state index contributed by atoms with van der Waals surface area (Å²) >= 11 is 0. The van der Waals surface area contributed by atoms with Crippen molar-refractivity contribution in [3.05, 3.63) is 34.6 Å². The molecule has 0 saturated heterocycles. The van der Waals surface area contributed by atoms with Gasteiger partial charge in [0, 0.05) is 5.56 Å². The van der Waals surface area contributed by atoms with Crippen LogP contribution in [0.25, 0.3) is 22.4 Å². The molecule has 0 N–H and O–H groups in total. The van der Waals surface area contributed by atoms with Gasteiger partial charge >= 0.3 is 0 Å². The minimum atomic E-state index is 0.0968. The van der Waals surface area contributed by atoms with E-state index >= 15 is 0 Å². The summed E-state index contributed by atoms with van der Waals surface area (Å²) in [5.74, 6) is 2.06. The highest BCUT2D eigenvalue weighted by Crippen LogP contribution is 2.36. The largest absolute Gasteiger partial charge is 0.472 e. The minimum Gasteiger partial charge on any atom is -0.472 e. The number of fused-ring (bicyclic) bond motifs is 1. The fourth-order valence-electron chi connectivity index (χ4n) is 3.84. The highest BCUT2D eigenvalue weighted by atomic mass is 16.5. The van der Waals surface area contributed by atoms with Gasteiger partial charge in [0.2, 0.25) is 5.58 Å². The summed E-state index contributed by atoms with van der Waals surface area (Å²) in [4.78, 5) is 9.10. The van der Waals surface area contributed by atoms with Crippen LogP contribution < -0.4 is 4.74 Å². The second kappa shape index (κ2) is 6.95. The normalized spacial score (nSPS) is 15.3. The molecular weight excluding hydrogens is 338 g/mol. The standard InChI is InChI=1S/C22H27N3O2/c1-12-10-13(2)18(14(3)11-12)19-20-21(27-25-19)22(24-16(5)23-20)26-15(4)6-7-17-8-9-17/h10-11,15,17H,6-9H2,1-5H3. The molecule has 0 bridgehead atoms. The Kier molecular flexibility index (Phi) is 4.62. The zero-order valence-electron chi connectivity index (χ0n) is 16.8. The van der Waals surface area contributed by atoms with E-state index in [-0.39, 0.29) is 6.10 Å². The first-order valence-electron chi connectivity index (χ1n) is 9.81. The van der Waals surface area contributed by atoms with Crippen LogP contribution in [0, 0.1) is 33.6 Å². The first-order chi connectivity index (χ1) is 12.9. The molecule has 1 unspecified atom stereocenters. The SMILES string of the molecule is Cc1cc(C)c(-c2noc3c(OC(C)CCC4CC4)nc(C)nc23)c(C)c1. The van der Waals surface area contributed by atoms with E-state index in [1.807, 2.05) is 6.92 Å². The predicted molar refractivity (Wildman–Crippen MR) is 106 cm³/mol. The van der Waals surface area contributed by atoms with E-state index in [4.69, 9.17) is 9.26 Å². The fourth-order valence-corrected chi connectivity index (χ4v) is 3.84. The van der Waals surface area contributed by atoms with E-state index < -0.39 is 0 Å². The molecule has 1 aliphatic carbocycles. The number of benzene rings is 1. The molecule has 1 saturated carbocycles. The number of rotatable bonds is 6. The smallest absolute Gasteiger partial charge is 0.265 e. The highest BCUT2D eigenvalue weighted by Gasteiger charge is 2.24. The molecule has 5 nitrogen and oxygen atoms in total. The third-order valence-electron chi connectivity index (χ3n) is 5.30. The van der Waals surface area contributed by atoms with Gasteiger partial charge in [0.25, 0.3) is 5.88 Å². The van der Waals surface area contributed by atoms with Crippen molar-refractivity contribution in [1.82, 2.24) is 15.1 Å². The first kappa shape index (κ1) is 18.0. The van der Waals surface area contributed by atoms with Crippen LogP contribution in [-0.4, -0.2) is 21.2 Å². The summed E-state index contributed by atoms with van der Waals surface area (Å²) < 4.78 is 11.8. The van der Waals surface area contributed by atoms with Crippen LogP contribution in [0.1, 0.15) is 55.1 Å². The van der Waals surface area contributed by atoms with Crippen LogP contribution in [0.15, 0.2) is 16.7 Å². The van der Waals surface area contributed by atoms with Crippen molar-refractivity contribution >= 4 is 11.1 Å². The number of hydrogen-bond donors (Lipinski definition) is 0. The monoisotopic (exact) mass is 365 g/mol. The Morgan fingerprint density at radius 3 is 2.48 bits per heavy atom. The van der Waals surface area contributed by atoms with Crippen molar-refractivity contribution in [3.63, 3.8) is 0 Å². The molecule has 1 fully saturated rings. The molecule has 1 atom stereocenters. The van der Waals surface area contributed by atoms with E-state index in [1.165, 1.54) is 36.0 Å². The predicted octanol–water partition coefficient (Wildman–Crippen LogP) is 5.48. The lowest BCUT2D eigenvalue weighted by molar-refractivity contribution is 0.195. The summed E-state index contributed by atoms with van der Waals surface area (Å²) in [7, 11) is 0. The lowest BCUT2D eigenvalue weighted by Crippen LogP contribution is -2.13. The van der Waals surface area contributed by atoms with E-state index in [2.05, 4.69) is 55.0 Å². The molecule has 1 aromatic carbocycles. The summed E-state index contributed by atoms with van der Waals surface area (Å²) in [6.45, 7) is 10.3. The highest BCUT2D eigenvalue weighted by molar-refractivity contribution is 5.92. The van der Waals surface area contributed by atoms with E-state index in [9.17, 15) is 0 Å². The Bertz CT molecular complexity index is 966. The Hall–Kier alpha value is -2.43. The quantitative estimate of drug-likeness (QED) is 0.579. The molecule has 27 heavy (non-hydrogen) atoms. The number of nitrogens with zero attached hydrogens (tertiary/aromatic N) is 3. The molecule has 3 aromatic rings. The first-order valence-corrected chi connectivity index (χ1v) is 9.81. The van der Waals surface area contributed by atoms with Crippen molar-refractivity contribution in [1.29, 1.82) is 0 Å². The number of hydrogen-bond acceptors (Lipinski definition) is 5. The van der Waals surface area contributed by atoms with Crippen LogP contribution in [0.2, 0.25) is 0 Å². The van der Waals surface area contributed by atoms with E-state index in [0.29, 0.717) is 17.3 Å². The second-order valence-electron chi connectivity index (χ2n) is 8.01. The second-order valence-corrected chi connectivity index (χ2v) is 8.01. The van der Waals surface area contributed by atoms with E-state index in [0.717, 1.165) is 29.1 Å². The molecule has 1 aliphatic rings. The van der Waals surface area contributed by atoms with Gasteiger partial charge < -0.3 is 9.26 Å². The third kappa shape index (κ3) is 3.68. The molecule has 0 radical (unpaired) electrons. The maximum atomic E-state index is 6.13. The summed E-state index contributed by atoms with van der Waals surface area (Å²) in [6.07, 6.45) is 5.08. The molecule has 0 spiro atoms. The molecule has 2 aromatic heterocycles. The van der Waals surface area contributed by atoms with E-state index in [1.54, 1.807) is 0 Å². The summed E-state index contributed by atoms with van der Waals surface area (Å²) in [6, 6.07) is 4.32. The van der Waals surface area contributed by atoms with Gasteiger partial charge in [0.1, 0.15) is 17.0 Å². The zero-order valence-corrected chi connectivity index (χ0v) is 16.8. The zero-order chi connectivity index (χ0) is 19.1. The van der Waals surface area contributed by atoms with Crippen LogP contribution in [-0.2, 0) is 0 Å². The van der Waals surface area contributed by atoms with Gasteiger partial charge in [-0.05, 0) is 64.5 Å². The topological polar surface area (TPSA) is 61.0 Å². The van der Waals surface area contributed by atoms with Gasteiger partial charge in [-0.1, -0.05) is 35.7 Å². The van der Waals surface area contributed by atoms with Crippen LogP contribution in [0.5, 0.6) is 5.88 Å².